The van der Waals surface area contributed by atoms with Gasteiger partial charge in [0.1, 0.15) is 0 Å². The maximum absolute atomic E-state index is 12.6. The maximum atomic E-state index is 12.6. The Bertz CT molecular complexity index is 651. The Morgan fingerprint density at radius 3 is 2.14 bits per heavy atom. The number of hydrogen-bond acceptors (Lipinski definition) is 2. The molecule has 0 fully saturated rings. The molecule has 0 N–H and O–H groups in total. The largest absolute Gasteiger partial charge is 0.436 e. The minimum atomic E-state index is -4.35. The molecule has 0 radical (unpaired) electrons. The molecule has 21 heavy (non-hydrogen) atoms. The van der Waals surface area contributed by atoms with Gasteiger partial charge in [0.05, 0.1) is 11.3 Å². The van der Waals surface area contributed by atoms with Gasteiger partial charge in [-0.3, -0.25) is 0 Å². The first-order chi connectivity index (χ1) is 9.70. The summed E-state index contributed by atoms with van der Waals surface area (Å²) in [7, 11) is 0. The molecular weight excluding hydrogens is 279 g/mol. The van der Waals surface area contributed by atoms with Crippen molar-refractivity contribution in [3.8, 4) is 11.5 Å². The summed E-state index contributed by atoms with van der Waals surface area (Å²) < 4.78 is 43.3. The summed E-state index contributed by atoms with van der Waals surface area (Å²) in [6.07, 6.45) is -4.35. The topological polar surface area (TPSA) is 26.0 Å². The van der Waals surface area contributed by atoms with Gasteiger partial charge in [0.2, 0.25) is 5.89 Å². The van der Waals surface area contributed by atoms with Gasteiger partial charge in [-0.25, -0.2) is 4.98 Å². The van der Waals surface area contributed by atoms with E-state index in [2.05, 4.69) is 11.6 Å². The van der Waals surface area contributed by atoms with Gasteiger partial charge < -0.3 is 4.42 Å². The first-order valence-electron chi connectivity index (χ1n) is 6.54. The number of nitrogens with zero attached hydrogens (tertiary/aromatic N) is 1. The number of aromatic nitrogens is 1. The van der Waals surface area contributed by atoms with Gasteiger partial charge in [0.15, 0.2) is 5.76 Å². The standard InChI is InChI=1S/C16H16F3NO/c1-9(2)13-14(10(3)4)21-15(20-13)11-5-7-12(8-6-11)16(17,18)19/h5-9H,3H2,1-2,4H3. The number of alkyl halides is 3. The van der Waals surface area contributed by atoms with Crippen LogP contribution in [0.5, 0.6) is 0 Å². The van der Waals surface area contributed by atoms with Crippen LogP contribution in [-0.4, -0.2) is 4.98 Å². The van der Waals surface area contributed by atoms with Crippen LogP contribution in [0.2, 0.25) is 0 Å². The highest BCUT2D eigenvalue weighted by Crippen LogP contribution is 2.33. The van der Waals surface area contributed by atoms with Gasteiger partial charge in [0, 0.05) is 5.56 Å². The summed E-state index contributed by atoms with van der Waals surface area (Å²) in [5.41, 5.74) is 1.32. The molecule has 0 unspecified atom stereocenters. The van der Waals surface area contributed by atoms with Crippen molar-refractivity contribution in [2.75, 3.05) is 0 Å². The molecule has 0 bridgehead atoms. The first kappa shape index (κ1) is 15.4. The zero-order chi connectivity index (χ0) is 15.8. The van der Waals surface area contributed by atoms with Crippen LogP contribution in [0.25, 0.3) is 17.0 Å². The van der Waals surface area contributed by atoms with Crippen molar-refractivity contribution in [3.63, 3.8) is 0 Å². The number of halogens is 3. The molecule has 0 spiro atoms. The average molecular weight is 295 g/mol. The molecule has 0 aliphatic heterocycles. The van der Waals surface area contributed by atoms with Crippen LogP contribution >= 0.6 is 0 Å². The quantitative estimate of drug-likeness (QED) is 0.745. The van der Waals surface area contributed by atoms with Crippen LogP contribution in [-0.2, 0) is 6.18 Å². The third kappa shape index (κ3) is 3.17. The van der Waals surface area contributed by atoms with Crippen molar-refractivity contribution < 1.29 is 17.6 Å². The number of allylic oxidation sites excluding steroid dienone is 1. The lowest BCUT2D eigenvalue weighted by Crippen LogP contribution is -2.03. The molecule has 2 aromatic rings. The maximum Gasteiger partial charge on any atom is 0.416 e. The van der Waals surface area contributed by atoms with Gasteiger partial charge >= 0.3 is 6.18 Å². The van der Waals surface area contributed by atoms with Gasteiger partial charge in [-0.1, -0.05) is 20.4 Å². The van der Waals surface area contributed by atoms with E-state index < -0.39 is 11.7 Å². The molecule has 1 heterocycles. The molecule has 2 nitrogen and oxygen atoms in total. The Hall–Kier alpha value is -2.04. The van der Waals surface area contributed by atoms with E-state index >= 15 is 0 Å². The minimum absolute atomic E-state index is 0.142. The van der Waals surface area contributed by atoms with Crippen molar-refractivity contribution >= 4 is 5.57 Å². The van der Waals surface area contributed by atoms with Crippen molar-refractivity contribution in [1.29, 1.82) is 0 Å². The highest BCUT2D eigenvalue weighted by atomic mass is 19.4. The third-order valence-corrected chi connectivity index (χ3v) is 3.05. The second-order valence-corrected chi connectivity index (χ2v) is 5.24. The first-order valence-corrected chi connectivity index (χ1v) is 6.54. The normalized spacial score (nSPS) is 12.0. The van der Waals surface area contributed by atoms with Gasteiger partial charge in [-0.2, -0.15) is 13.2 Å². The van der Waals surface area contributed by atoms with Crippen molar-refractivity contribution in [1.82, 2.24) is 4.98 Å². The lowest BCUT2D eigenvalue weighted by Gasteiger charge is -2.06. The molecule has 2 rings (SSSR count). The number of rotatable bonds is 3. The van der Waals surface area contributed by atoms with E-state index in [0.29, 0.717) is 17.2 Å². The van der Waals surface area contributed by atoms with Crippen LogP contribution in [0.4, 0.5) is 13.2 Å². The fourth-order valence-corrected chi connectivity index (χ4v) is 1.95. The molecule has 112 valence electrons. The summed E-state index contributed by atoms with van der Waals surface area (Å²) in [5, 5.41) is 0. The smallest absolute Gasteiger partial charge is 0.416 e. The fourth-order valence-electron chi connectivity index (χ4n) is 1.95. The highest BCUT2D eigenvalue weighted by molar-refractivity contribution is 5.63. The Balaban J connectivity index is 2.43. The third-order valence-electron chi connectivity index (χ3n) is 3.05. The fraction of sp³-hybridized carbons (Fsp3) is 0.312. The van der Waals surface area contributed by atoms with Crippen molar-refractivity contribution in [2.24, 2.45) is 0 Å². The van der Waals surface area contributed by atoms with E-state index in [9.17, 15) is 13.2 Å². The molecule has 5 heteroatoms. The molecule has 1 aromatic carbocycles. The van der Waals surface area contributed by atoms with E-state index in [0.717, 1.165) is 23.4 Å². The summed E-state index contributed by atoms with van der Waals surface area (Å²) in [6.45, 7) is 9.59. The Kier molecular flexibility index (Phi) is 3.94. The summed E-state index contributed by atoms with van der Waals surface area (Å²) in [5.74, 6) is 1.05. The van der Waals surface area contributed by atoms with E-state index in [1.165, 1.54) is 12.1 Å². The molecule has 0 aliphatic rings. The Morgan fingerprint density at radius 1 is 1.19 bits per heavy atom. The van der Waals surface area contributed by atoms with Crippen LogP contribution in [0.1, 0.15) is 43.7 Å². The second-order valence-electron chi connectivity index (χ2n) is 5.24. The number of oxazole rings is 1. The molecule has 0 saturated carbocycles. The monoisotopic (exact) mass is 295 g/mol. The molecular formula is C16H16F3NO. The van der Waals surface area contributed by atoms with E-state index in [1.54, 1.807) is 0 Å². The summed E-state index contributed by atoms with van der Waals surface area (Å²) >= 11 is 0. The van der Waals surface area contributed by atoms with Gasteiger partial charge in [-0.05, 0) is 42.7 Å². The van der Waals surface area contributed by atoms with Crippen LogP contribution in [0.3, 0.4) is 0 Å². The number of benzene rings is 1. The molecule has 1 aromatic heterocycles. The van der Waals surface area contributed by atoms with E-state index in [4.69, 9.17) is 4.42 Å². The second kappa shape index (κ2) is 5.39. The molecule has 0 amide bonds. The predicted molar refractivity (Wildman–Crippen MR) is 75.7 cm³/mol. The SMILES string of the molecule is C=C(C)c1oc(-c2ccc(C(F)(F)F)cc2)nc1C(C)C. The highest BCUT2D eigenvalue weighted by Gasteiger charge is 2.30. The predicted octanol–water partition coefficient (Wildman–Crippen LogP) is 5.52. The Labute approximate surface area is 121 Å². The average Bonchev–Trinajstić information content (AvgIpc) is 2.83. The molecule has 0 atom stereocenters. The van der Waals surface area contributed by atoms with Gasteiger partial charge in [-0.15, -0.1) is 0 Å². The minimum Gasteiger partial charge on any atom is -0.436 e. The van der Waals surface area contributed by atoms with Gasteiger partial charge in [0.25, 0.3) is 0 Å². The summed E-state index contributed by atoms with van der Waals surface area (Å²) in [6, 6.07) is 4.77. The van der Waals surface area contributed by atoms with Crippen molar-refractivity contribution in [2.45, 2.75) is 32.9 Å². The lowest BCUT2D eigenvalue weighted by molar-refractivity contribution is -0.137. The number of hydrogen-bond donors (Lipinski definition) is 0. The van der Waals surface area contributed by atoms with Crippen LogP contribution in [0, 0.1) is 0 Å². The Morgan fingerprint density at radius 2 is 1.76 bits per heavy atom. The molecule has 0 saturated heterocycles. The van der Waals surface area contributed by atoms with E-state index in [-0.39, 0.29) is 5.92 Å². The van der Waals surface area contributed by atoms with E-state index in [1.807, 2.05) is 20.8 Å². The lowest BCUT2D eigenvalue weighted by atomic mass is 10.1. The van der Waals surface area contributed by atoms with Crippen LogP contribution in [0.15, 0.2) is 35.3 Å². The molecule has 0 aliphatic carbocycles. The van der Waals surface area contributed by atoms with Crippen LogP contribution < -0.4 is 0 Å². The van der Waals surface area contributed by atoms with Crippen molar-refractivity contribution in [3.05, 3.63) is 47.9 Å². The summed E-state index contributed by atoms with van der Waals surface area (Å²) in [4.78, 5) is 4.38. The zero-order valence-corrected chi connectivity index (χ0v) is 12.1. The zero-order valence-electron chi connectivity index (χ0n) is 12.1.